The Balaban J connectivity index is 2.19. The van der Waals surface area contributed by atoms with Crippen molar-refractivity contribution in [2.45, 2.75) is 65.3 Å². The monoisotopic (exact) mass is 344 g/mol. The lowest BCUT2D eigenvalue weighted by atomic mass is 9.98. The van der Waals surface area contributed by atoms with Gasteiger partial charge in [-0.25, -0.2) is 0 Å². The molecule has 1 unspecified atom stereocenters. The summed E-state index contributed by atoms with van der Waals surface area (Å²) in [5.74, 6) is 0.0998. The molecule has 0 radical (unpaired) electrons. The Hall–Kier alpha value is -1.84. The zero-order chi connectivity index (χ0) is 18.2. The number of benzene rings is 1. The molecular weight excluding hydrogens is 312 g/mol. The average molecular weight is 344 g/mol. The summed E-state index contributed by atoms with van der Waals surface area (Å²) in [5, 5.41) is 0. The van der Waals surface area contributed by atoms with Crippen LogP contribution in [0.3, 0.4) is 0 Å². The molecule has 1 fully saturated rings. The molecule has 1 aliphatic heterocycles. The van der Waals surface area contributed by atoms with E-state index in [0.29, 0.717) is 17.2 Å². The quantitative estimate of drug-likeness (QED) is 0.737. The summed E-state index contributed by atoms with van der Waals surface area (Å²) in [6.45, 7) is 8.65. The molecule has 1 aromatic rings. The summed E-state index contributed by atoms with van der Waals surface area (Å²) in [6, 6.07) is 7.61. The molecular formula is C21H32N2O2. The maximum atomic E-state index is 13.0. The Labute approximate surface area is 152 Å². The van der Waals surface area contributed by atoms with Crippen LogP contribution in [0, 0.1) is 0 Å². The van der Waals surface area contributed by atoms with E-state index in [9.17, 15) is 9.59 Å². The highest BCUT2D eigenvalue weighted by Crippen LogP contribution is 2.22. The van der Waals surface area contributed by atoms with Gasteiger partial charge >= 0.3 is 0 Å². The fourth-order valence-corrected chi connectivity index (χ4v) is 3.68. The molecule has 1 aliphatic rings. The van der Waals surface area contributed by atoms with Crippen molar-refractivity contribution in [2.24, 2.45) is 0 Å². The zero-order valence-electron chi connectivity index (χ0n) is 16.0. The summed E-state index contributed by atoms with van der Waals surface area (Å²) in [4.78, 5) is 29.7. The van der Waals surface area contributed by atoms with Gasteiger partial charge in [-0.2, -0.15) is 0 Å². The predicted molar refractivity (Wildman–Crippen MR) is 102 cm³/mol. The Morgan fingerprint density at radius 2 is 1.76 bits per heavy atom. The van der Waals surface area contributed by atoms with E-state index in [-0.39, 0.29) is 11.8 Å². The van der Waals surface area contributed by atoms with Gasteiger partial charge in [0.2, 0.25) is 0 Å². The number of likely N-dealkylation sites (tertiary alicyclic amines) is 1. The Kier molecular flexibility index (Phi) is 7.48. The molecule has 0 spiro atoms. The second-order valence-electron chi connectivity index (χ2n) is 6.93. The van der Waals surface area contributed by atoms with E-state index in [2.05, 4.69) is 20.8 Å². The first-order valence-corrected chi connectivity index (χ1v) is 9.82. The van der Waals surface area contributed by atoms with E-state index < -0.39 is 0 Å². The molecule has 4 heteroatoms. The zero-order valence-corrected chi connectivity index (χ0v) is 16.0. The lowest BCUT2D eigenvalue weighted by molar-refractivity contribution is 0.0608. The van der Waals surface area contributed by atoms with Crippen molar-refractivity contribution < 1.29 is 9.59 Å². The number of carbonyl (C=O) groups excluding carboxylic acids is 2. The van der Waals surface area contributed by atoms with E-state index in [1.807, 2.05) is 28.0 Å². The van der Waals surface area contributed by atoms with Gasteiger partial charge in [-0.15, -0.1) is 0 Å². The fraction of sp³-hybridized carbons (Fsp3) is 0.619. The van der Waals surface area contributed by atoms with Crippen LogP contribution in [0.2, 0.25) is 0 Å². The van der Waals surface area contributed by atoms with Crippen molar-refractivity contribution in [3.8, 4) is 0 Å². The maximum Gasteiger partial charge on any atom is 0.254 e. The Morgan fingerprint density at radius 3 is 2.40 bits per heavy atom. The second kappa shape index (κ2) is 9.59. The number of hydrogen-bond acceptors (Lipinski definition) is 2. The third-order valence-electron chi connectivity index (χ3n) is 4.99. The van der Waals surface area contributed by atoms with Crippen LogP contribution >= 0.6 is 0 Å². The standard InChI is InChI=1S/C21H32N2O2/c1-4-13-22(14-5-2)20(24)17-10-9-11-18(16-17)21(25)23-15-8-7-12-19(23)6-3/h9-11,16,19H,4-8,12-15H2,1-3H3. The van der Waals surface area contributed by atoms with Crippen molar-refractivity contribution in [1.29, 1.82) is 0 Å². The SMILES string of the molecule is CCCN(CCC)C(=O)c1cccc(C(=O)N2CCCCC2CC)c1. The number of amides is 2. The normalized spacial score (nSPS) is 17.4. The third kappa shape index (κ3) is 4.83. The van der Waals surface area contributed by atoms with Crippen molar-refractivity contribution in [3.63, 3.8) is 0 Å². The minimum Gasteiger partial charge on any atom is -0.339 e. The summed E-state index contributed by atoms with van der Waals surface area (Å²) in [6.07, 6.45) is 6.23. The number of piperidine rings is 1. The lowest BCUT2D eigenvalue weighted by Gasteiger charge is -2.35. The van der Waals surface area contributed by atoms with Crippen LogP contribution in [0.5, 0.6) is 0 Å². The molecule has 2 rings (SSSR count). The van der Waals surface area contributed by atoms with Crippen LogP contribution < -0.4 is 0 Å². The first kappa shape index (κ1) is 19.5. The fourth-order valence-electron chi connectivity index (χ4n) is 3.68. The van der Waals surface area contributed by atoms with Gasteiger partial charge in [0.25, 0.3) is 11.8 Å². The molecule has 1 aromatic carbocycles. The van der Waals surface area contributed by atoms with Crippen molar-refractivity contribution in [3.05, 3.63) is 35.4 Å². The van der Waals surface area contributed by atoms with Gasteiger partial charge in [0.15, 0.2) is 0 Å². The van der Waals surface area contributed by atoms with Crippen LogP contribution in [0.25, 0.3) is 0 Å². The van der Waals surface area contributed by atoms with Crippen molar-refractivity contribution in [2.75, 3.05) is 19.6 Å². The van der Waals surface area contributed by atoms with Gasteiger partial charge < -0.3 is 9.80 Å². The Bertz CT molecular complexity index is 579. The molecule has 0 saturated carbocycles. The summed E-state index contributed by atoms with van der Waals surface area (Å²) in [5.41, 5.74) is 1.26. The maximum absolute atomic E-state index is 13.0. The molecule has 0 aliphatic carbocycles. The molecule has 1 saturated heterocycles. The van der Waals surface area contributed by atoms with Crippen LogP contribution in [-0.4, -0.2) is 47.3 Å². The predicted octanol–water partition coefficient (Wildman–Crippen LogP) is 4.35. The highest BCUT2D eigenvalue weighted by Gasteiger charge is 2.26. The smallest absolute Gasteiger partial charge is 0.254 e. The molecule has 0 N–H and O–H groups in total. The summed E-state index contributed by atoms with van der Waals surface area (Å²) >= 11 is 0. The molecule has 138 valence electrons. The largest absolute Gasteiger partial charge is 0.339 e. The molecule has 1 atom stereocenters. The van der Waals surface area contributed by atoms with Crippen LogP contribution in [0.15, 0.2) is 24.3 Å². The van der Waals surface area contributed by atoms with Crippen molar-refractivity contribution in [1.82, 2.24) is 9.80 Å². The minimum atomic E-state index is 0.0315. The van der Waals surface area contributed by atoms with Gasteiger partial charge in [-0.05, 0) is 56.7 Å². The van der Waals surface area contributed by atoms with Crippen LogP contribution in [0.1, 0.15) is 80.0 Å². The molecule has 25 heavy (non-hydrogen) atoms. The van der Waals surface area contributed by atoms with E-state index in [0.717, 1.165) is 51.7 Å². The highest BCUT2D eigenvalue weighted by atomic mass is 16.2. The summed E-state index contributed by atoms with van der Waals surface area (Å²) in [7, 11) is 0. The van der Waals surface area contributed by atoms with Gasteiger partial charge in [-0.1, -0.05) is 26.8 Å². The lowest BCUT2D eigenvalue weighted by Crippen LogP contribution is -2.43. The second-order valence-corrected chi connectivity index (χ2v) is 6.93. The van der Waals surface area contributed by atoms with E-state index >= 15 is 0 Å². The molecule has 2 amide bonds. The molecule has 4 nitrogen and oxygen atoms in total. The number of rotatable bonds is 7. The first-order chi connectivity index (χ1) is 12.1. The first-order valence-electron chi connectivity index (χ1n) is 9.82. The van der Waals surface area contributed by atoms with E-state index in [1.54, 1.807) is 6.07 Å². The minimum absolute atomic E-state index is 0.0315. The molecule has 0 aromatic heterocycles. The van der Waals surface area contributed by atoms with Crippen LogP contribution in [-0.2, 0) is 0 Å². The van der Waals surface area contributed by atoms with Gasteiger partial charge in [0.05, 0.1) is 0 Å². The number of hydrogen-bond donors (Lipinski definition) is 0. The highest BCUT2D eigenvalue weighted by molar-refractivity contribution is 5.99. The average Bonchev–Trinajstić information content (AvgIpc) is 2.66. The van der Waals surface area contributed by atoms with E-state index in [4.69, 9.17) is 0 Å². The topological polar surface area (TPSA) is 40.6 Å². The molecule has 0 bridgehead atoms. The third-order valence-corrected chi connectivity index (χ3v) is 4.99. The Morgan fingerprint density at radius 1 is 1.08 bits per heavy atom. The molecule has 1 heterocycles. The van der Waals surface area contributed by atoms with Crippen LogP contribution in [0.4, 0.5) is 0 Å². The van der Waals surface area contributed by atoms with E-state index in [1.165, 1.54) is 6.42 Å². The summed E-state index contributed by atoms with van der Waals surface area (Å²) < 4.78 is 0. The van der Waals surface area contributed by atoms with Gasteiger partial charge in [0.1, 0.15) is 0 Å². The van der Waals surface area contributed by atoms with Gasteiger partial charge in [-0.3, -0.25) is 9.59 Å². The number of nitrogens with zero attached hydrogens (tertiary/aromatic N) is 2. The van der Waals surface area contributed by atoms with Gasteiger partial charge in [0, 0.05) is 36.8 Å². The van der Waals surface area contributed by atoms with Crippen molar-refractivity contribution >= 4 is 11.8 Å². The number of carbonyl (C=O) groups is 2.